The first kappa shape index (κ1) is 20.2. The lowest BCUT2D eigenvalue weighted by atomic mass is 9.98. The Hall–Kier alpha value is -2.15. The Kier molecular flexibility index (Phi) is 7.38. The Morgan fingerprint density at radius 1 is 1.19 bits per heavy atom. The molecule has 0 atom stereocenters. The standard InChI is InChI=1S/C19H26N2O4S/c1-5-7-13(8-6-2)18(23)20-19-21(12-17(22)25-4)15-10-9-14(24-3)11-16(15)26-19/h9-11,13H,5-8,12H2,1-4H3. The van der Waals surface area contributed by atoms with Crippen molar-refractivity contribution in [3.8, 4) is 5.75 Å². The van der Waals surface area contributed by atoms with Gasteiger partial charge in [0.1, 0.15) is 12.3 Å². The first-order valence-electron chi connectivity index (χ1n) is 8.86. The van der Waals surface area contributed by atoms with Gasteiger partial charge < -0.3 is 14.0 Å². The number of benzene rings is 1. The van der Waals surface area contributed by atoms with Crippen LogP contribution in [0.25, 0.3) is 10.2 Å². The van der Waals surface area contributed by atoms with Crippen molar-refractivity contribution in [3.05, 3.63) is 23.0 Å². The lowest BCUT2D eigenvalue weighted by molar-refractivity contribution is -0.141. The Balaban J connectivity index is 2.53. The van der Waals surface area contributed by atoms with Crippen molar-refractivity contribution in [1.82, 2.24) is 4.57 Å². The molecule has 1 aromatic heterocycles. The van der Waals surface area contributed by atoms with Crippen LogP contribution in [0, 0.1) is 5.92 Å². The summed E-state index contributed by atoms with van der Waals surface area (Å²) in [5.74, 6) is 0.145. The number of aromatic nitrogens is 1. The van der Waals surface area contributed by atoms with Crippen LogP contribution in [0.4, 0.5) is 0 Å². The molecule has 2 aromatic rings. The van der Waals surface area contributed by atoms with Crippen LogP contribution in [-0.4, -0.2) is 30.7 Å². The highest BCUT2D eigenvalue weighted by atomic mass is 32.1. The summed E-state index contributed by atoms with van der Waals surface area (Å²) in [4.78, 5) is 29.4. The van der Waals surface area contributed by atoms with Crippen LogP contribution >= 0.6 is 11.3 Å². The maximum absolute atomic E-state index is 12.7. The molecule has 0 saturated carbocycles. The Labute approximate surface area is 157 Å². The van der Waals surface area contributed by atoms with Crippen LogP contribution in [0.5, 0.6) is 5.75 Å². The Morgan fingerprint density at radius 2 is 1.88 bits per heavy atom. The molecular weight excluding hydrogens is 352 g/mol. The summed E-state index contributed by atoms with van der Waals surface area (Å²) in [5, 5.41) is 0. The van der Waals surface area contributed by atoms with Crippen LogP contribution < -0.4 is 9.54 Å². The van der Waals surface area contributed by atoms with E-state index in [2.05, 4.69) is 18.8 Å². The number of methoxy groups -OCH3 is 2. The van der Waals surface area contributed by atoms with Crippen molar-refractivity contribution in [2.75, 3.05) is 14.2 Å². The fourth-order valence-electron chi connectivity index (χ4n) is 2.89. The third kappa shape index (κ3) is 4.72. The number of rotatable bonds is 8. The molecule has 6 nitrogen and oxygen atoms in total. The number of nitrogens with zero attached hydrogens (tertiary/aromatic N) is 2. The zero-order chi connectivity index (χ0) is 19.1. The number of ether oxygens (including phenoxy) is 2. The van der Waals surface area contributed by atoms with Gasteiger partial charge in [0, 0.05) is 5.92 Å². The first-order chi connectivity index (χ1) is 12.5. The van der Waals surface area contributed by atoms with Crippen LogP contribution in [-0.2, 0) is 20.9 Å². The number of hydrogen-bond donors (Lipinski definition) is 0. The van der Waals surface area contributed by atoms with Gasteiger partial charge in [0.05, 0.1) is 24.4 Å². The second-order valence-electron chi connectivity index (χ2n) is 6.10. The van der Waals surface area contributed by atoms with Crippen molar-refractivity contribution in [2.45, 2.75) is 46.1 Å². The summed E-state index contributed by atoms with van der Waals surface area (Å²) in [6, 6.07) is 5.57. The highest BCUT2D eigenvalue weighted by molar-refractivity contribution is 7.16. The zero-order valence-electron chi connectivity index (χ0n) is 15.8. The molecule has 142 valence electrons. The summed E-state index contributed by atoms with van der Waals surface area (Å²) < 4.78 is 12.7. The van der Waals surface area contributed by atoms with E-state index >= 15 is 0 Å². The Morgan fingerprint density at radius 3 is 2.46 bits per heavy atom. The van der Waals surface area contributed by atoms with Gasteiger partial charge >= 0.3 is 5.97 Å². The summed E-state index contributed by atoms with van der Waals surface area (Å²) in [6.07, 6.45) is 3.53. The van der Waals surface area contributed by atoms with E-state index in [4.69, 9.17) is 9.47 Å². The van der Waals surface area contributed by atoms with Crippen LogP contribution in [0.15, 0.2) is 23.2 Å². The third-order valence-electron chi connectivity index (χ3n) is 4.23. The molecule has 2 rings (SSSR count). The number of carbonyl (C=O) groups excluding carboxylic acids is 2. The summed E-state index contributed by atoms with van der Waals surface area (Å²) in [5.41, 5.74) is 0.829. The van der Waals surface area contributed by atoms with Gasteiger partial charge in [-0.1, -0.05) is 38.0 Å². The van der Waals surface area contributed by atoms with E-state index in [0.717, 1.165) is 41.6 Å². The topological polar surface area (TPSA) is 69.9 Å². The van der Waals surface area contributed by atoms with Gasteiger partial charge in [-0.3, -0.25) is 9.59 Å². The first-order valence-corrected chi connectivity index (χ1v) is 9.68. The number of fused-ring (bicyclic) bond motifs is 1. The molecule has 0 bridgehead atoms. The largest absolute Gasteiger partial charge is 0.497 e. The Bertz CT molecular complexity index is 832. The van der Waals surface area contributed by atoms with Crippen molar-refractivity contribution >= 4 is 33.4 Å². The summed E-state index contributed by atoms with van der Waals surface area (Å²) in [6.45, 7) is 4.15. The molecule has 0 aliphatic heterocycles. The maximum Gasteiger partial charge on any atom is 0.325 e. The molecule has 0 aliphatic carbocycles. The molecule has 0 radical (unpaired) electrons. The molecule has 0 spiro atoms. The minimum absolute atomic E-state index is 0.0150. The second-order valence-corrected chi connectivity index (χ2v) is 7.11. The molecule has 1 aromatic carbocycles. The molecule has 0 fully saturated rings. The van der Waals surface area contributed by atoms with Gasteiger partial charge in [0.2, 0.25) is 0 Å². The number of carbonyl (C=O) groups is 2. The monoisotopic (exact) mass is 378 g/mol. The summed E-state index contributed by atoms with van der Waals surface area (Å²) >= 11 is 1.38. The van der Waals surface area contributed by atoms with Crippen LogP contribution in [0.3, 0.4) is 0 Å². The fourth-order valence-corrected chi connectivity index (χ4v) is 3.95. The van der Waals surface area contributed by atoms with Gasteiger partial charge in [0.15, 0.2) is 4.80 Å². The summed E-state index contributed by atoms with van der Waals surface area (Å²) in [7, 11) is 2.95. The number of hydrogen-bond acceptors (Lipinski definition) is 5. The quantitative estimate of drug-likeness (QED) is 0.659. The van der Waals surface area contributed by atoms with Gasteiger partial charge in [-0.2, -0.15) is 4.99 Å². The van der Waals surface area contributed by atoms with Crippen molar-refractivity contribution < 1.29 is 19.1 Å². The predicted molar refractivity (Wildman–Crippen MR) is 102 cm³/mol. The van der Waals surface area contributed by atoms with Crippen molar-refractivity contribution in [1.29, 1.82) is 0 Å². The van der Waals surface area contributed by atoms with E-state index in [1.807, 2.05) is 18.2 Å². The minimum atomic E-state index is -0.381. The van der Waals surface area contributed by atoms with E-state index < -0.39 is 0 Å². The van der Waals surface area contributed by atoms with E-state index in [-0.39, 0.29) is 24.3 Å². The van der Waals surface area contributed by atoms with E-state index in [0.29, 0.717) is 4.80 Å². The molecule has 7 heteroatoms. The molecular formula is C19H26N2O4S. The predicted octanol–water partition coefficient (Wildman–Crippen LogP) is 3.53. The molecule has 1 heterocycles. The van der Waals surface area contributed by atoms with E-state index in [1.54, 1.807) is 11.7 Å². The van der Waals surface area contributed by atoms with E-state index in [9.17, 15) is 9.59 Å². The average Bonchev–Trinajstić information content (AvgIpc) is 2.97. The average molecular weight is 378 g/mol. The molecule has 26 heavy (non-hydrogen) atoms. The smallest absolute Gasteiger partial charge is 0.325 e. The highest BCUT2D eigenvalue weighted by Crippen LogP contribution is 2.23. The third-order valence-corrected chi connectivity index (χ3v) is 5.28. The van der Waals surface area contributed by atoms with Gasteiger partial charge in [-0.25, -0.2) is 0 Å². The molecule has 0 N–H and O–H groups in total. The van der Waals surface area contributed by atoms with Crippen molar-refractivity contribution in [3.63, 3.8) is 0 Å². The maximum atomic E-state index is 12.7. The molecule has 0 aliphatic rings. The lowest BCUT2D eigenvalue weighted by Gasteiger charge is -2.10. The minimum Gasteiger partial charge on any atom is -0.497 e. The normalized spacial score (nSPS) is 12.0. The number of amides is 1. The van der Waals surface area contributed by atoms with Crippen LogP contribution in [0.1, 0.15) is 39.5 Å². The van der Waals surface area contributed by atoms with Gasteiger partial charge in [0.25, 0.3) is 5.91 Å². The lowest BCUT2D eigenvalue weighted by Crippen LogP contribution is -2.24. The van der Waals surface area contributed by atoms with E-state index in [1.165, 1.54) is 18.4 Å². The fraction of sp³-hybridized carbons (Fsp3) is 0.526. The molecule has 0 saturated heterocycles. The second kappa shape index (κ2) is 9.52. The highest BCUT2D eigenvalue weighted by Gasteiger charge is 2.18. The van der Waals surface area contributed by atoms with Gasteiger partial charge in [-0.05, 0) is 31.0 Å². The van der Waals surface area contributed by atoms with Crippen LogP contribution in [0.2, 0.25) is 0 Å². The van der Waals surface area contributed by atoms with Gasteiger partial charge in [-0.15, -0.1) is 0 Å². The zero-order valence-corrected chi connectivity index (χ0v) is 16.6. The molecule has 1 amide bonds. The molecule has 0 unspecified atom stereocenters. The number of thiazole rings is 1. The van der Waals surface area contributed by atoms with Crippen molar-refractivity contribution in [2.24, 2.45) is 10.9 Å². The number of esters is 1. The SMILES string of the molecule is CCCC(CCC)C(=O)N=c1sc2cc(OC)ccc2n1CC(=O)OC.